The molecule has 15 heavy (non-hydrogen) atoms. The van der Waals surface area contributed by atoms with Crippen molar-refractivity contribution in [3.63, 3.8) is 0 Å². The van der Waals surface area contributed by atoms with Crippen LogP contribution in [0.3, 0.4) is 0 Å². The van der Waals surface area contributed by atoms with E-state index in [4.69, 9.17) is 9.47 Å². The van der Waals surface area contributed by atoms with E-state index < -0.39 is 6.10 Å². The molecule has 1 aromatic carbocycles. The fraction of sp³-hybridized carbons (Fsp3) is 0.455. The first kappa shape index (κ1) is 10.3. The zero-order valence-corrected chi connectivity index (χ0v) is 8.64. The predicted molar refractivity (Wildman–Crippen MR) is 56.3 cm³/mol. The van der Waals surface area contributed by atoms with E-state index in [0.717, 1.165) is 11.5 Å². The van der Waals surface area contributed by atoms with Gasteiger partial charge in [0.1, 0.15) is 23.7 Å². The zero-order valence-electron chi connectivity index (χ0n) is 8.64. The quantitative estimate of drug-likeness (QED) is 0.757. The summed E-state index contributed by atoms with van der Waals surface area (Å²) < 4.78 is 10.7. The van der Waals surface area contributed by atoms with Crippen molar-refractivity contribution in [1.29, 1.82) is 0 Å². The van der Waals surface area contributed by atoms with Gasteiger partial charge < -0.3 is 19.9 Å². The van der Waals surface area contributed by atoms with Crippen molar-refractivity contribution >= 4 is 0 Å². The second kappa shape index (κ2) is 4.51. The van der Waals surface area contributed by atoms with E-state index in [1.807, 2.05) is 24.3 Å². The monoisotopic (exact) mass is 209 g/mol. The lowest BCUT2D eigenvalue weighted by Gasteiger charge is -2.16. The molecule has 1 aliphatic heterocycles. The molecule has 1 fully saturated rings. The number of rotatable bonds is 3. The molecule has 2 N–H and O–H groups in total. The Morgan fingerprint density at radius 3 is 2.40 bits per heavy atom. The van der Waals surface area contributed by atoms with Gasteiger partial charge in [-0.05, 0) is 24.3 Å². The number of β-amino-alcohol motifs (C(OH)–C–C–N with tert-alkyl or cyclic N) is 1. The van der Waals surface area contributed by atoms with Crippen LogP contribution in [0.15, 0.2) is 24.3 Å². The summed E-state index contributed by atoms with van der Waals surface area (Å²) in [5.74, 6) is 1.55. The summed E-state index contributed by atoms with van der Waals surface area (Å²) in [5, 5.41) is 12.6. The van der Waals surface area contributed by atoms with Gasteiger partial charge in [0.05, 0.1) is 7.11 Å². The standard InChI is InChI=1S/C11H15NO3/c1-14-8-2-4-9(5-3-8)15-11-7-12-6-10(11)13/h2-5,10-13H,6-7H2,1H3. The van der Waals surface area contributed by atoms with E-state index in [9.17, 15) is 5.11 Å². The maximum atomic E-state index is 9.54. The van der Waals surface area contributed by atoms with E-state index in [-0.39, 0.29) is 6.10 Å². The van der Waals surface area contributed by atoms with Gasteiger partial charge in [-0.25, -0.2) is 0 Å². The molecule has 0 aliphatic carbocycles. The lowest BCUT2D eigenvalue weighted by molar-refractivity contribution is 0.0737. The number of methoxy groups -OCH3 is 1. The van der Waals surface area contributed by atoms with Crippen LogP contribution in [0.1, 0.15) is 0 Å². The molecule has 0 spiro atoms. The Labute approximate surface area is 88.8 Å². The molecule has 0 radical (unpaired) electrons. The molecule has 4 heteroatoms. The average molecular weight is 209 g/mol. The molecule has 0 amide bonds. The highest BCUT2D eigenvalue weighted by atomic mass is 16.5. The van der Waals surface area contributed by atoms with Gasteiger partial charge in [-0.3, -0.25) is 0 Å². The number of hydrogen-bond donors (Lipinski definition) is 2. The highest BCUT2D eigenvalue weighted by Gasteiger charge is 2.26. The van der Waals surface area contributed by atoms with E-state index in [2.05, 4.69) is 5.32 Å². The smallest absolute Gasteiger partial charge is 0.138 e. The van der Waals surface area contributed by atoms with Crippen molar-refractivity contribution in [1.82, 2.24) is 5.32 Å². The first-order chi connectivity index (χ1) is 7.29. The van der Waals surface area contributed by atoms with Crippen LogP contribution in [0.25, 0.3) is 0 Å². The summed E-state index contributed by atoms with van der Waals surface area (Å²) in [5.41, 5.74) is 0. The molecule has 1 aliphatic rings. The summed E-state index contributed by atoms with van der Waals surface area (Å²) in [4.78, 5) is 0. The summed E-state index contributed by atoms with van der Waals surface area (Å²) >= 11 is 0. The van der Waals surface area contributed by atoms with Crippen molar-refractivity contribution in [2.45, 2.75) is 12.2 Å². The summed E-state index contributed by atoms with van der Waals surface area (Å²) in [6, 6.07) is 7.35. The SMILES string of the molecule is COc1ccc(OC2CNCC2O)cc1. The maximum Gasteiger partial charge on any atom is 0.138 e. The van der Waals surface area contributed by atoms with Crippen molar-refractivity contribution in [2.75, 3.05) is 20.2 Å². The first-order valence-corrected chi connectivity index (χ1v) is 4.99. The van der Waals surface area contributed by atoms with Crippen molar-refractivity contribution in [3.05, 3.63) is 24.3 Å². The van der Waals surface area contributed by atoms with Gasteiger partial charge in [-0.2, -0.15) is 0 Å². The van der Waals surface area contributed by atoms with Crippen molar-refractivity contribution < 1.29 is 14.6 Å². The molecule has 1 saturated heterocycles. The van der Waals surface area contributed by atoms with E-state index in [0.29, 0.717) is 13.1 Å². The topological polar surface area (TPSA) is 50.7 Å². The second-order valence-corrected chi connectivity index (χ2v) is 3.56. The second-order valence-electron chi connectivity index (χ2n) is 3.56. The molecular formula is C11H15NO3. The van der Waals surface area contributed by atoms with Crippen LogP contribution in [-0.2, 0) is 0 Å². The molecule has 2 unspecified atom stereocenters. The Hall–Kier alpha value is -1.26. The summed E-state index contributed by atoms with van der Waals surface area (Å²) in [6.07, 6.45) is -0.578. The van der Waals surface area contributed by atoms with Crippen molar-refractivity contribution in [2.24, 2.45) is 0 Å². The van der Waals surface area contributed by atoms with E-state index >= 15 is 0 Å². The Morgan fingerprint density at radius 1 is 1.20 bits per heavy atom. The van der Waals surface area contributed by atoms with Gasteiger partial charge in [0.25, 0.3) is 0 Å². The Morgan fingerprint density at radius 2 is 1.87 bits per heavy atom. The predicted octanol–water partition coefficient (Wildman–Crippen LogP) is 0.407. The average Bonchev–Trinajstić information content (AvgIpc) is 2.66. The number of benzene rings is 1. The summed E-state index contributed by atoms with van der Waals surface area (Å²) in [7, 11) is 1.63. The van der Waals surface area contributed by atoms with E-state index in [1.165, 1.54) is 0 Å². The number of hydrogen-bond acceptors (Lipinski definition) is 4. The molecule has 4 nitrogen and oxygen atoms in total. The van der Waals surface area contributed by atoms with Gasteiger partial charge in [0, 0.05) is 13.1 Å². The lowest BCUT2D eigenvalue weighted by atomic mass is 10.2. The molecule has 2 atom stereocenters. The fourth-order valence-electron chi connectivity index (χ4n) is 1.59. The van der Waals surface area contributed by atoms with Crippen LogP contribution in [0.2, 0.25) is 0 Å². The molecule has 2 rings (SSSR count). The van der Waals surface area contributed by atoms with Crippen LogP contribution < -0.4 is 14.8 Å². The van der Waals surface area contributed by atoms with Crippen LogP contribution in [0.4, 0.5) is 0 Å². The molecular weight excluding hydrogens is 194 g/mol. The normalized spacial score (nSPS) is 25.2. The molecule has 82 valence electrons. The minimum absolute atomic E-state index is 0.154. The van der Waals surface area contributed by atoms with Crippen LogP contribution >= 0.6 is 0 Å². The Kier molecular flexibility index (Phi) is 3.08. The lowest BCUT2D eigenvalue weighted by Crippen LogP contribution is -2.29. The number of nitrogens with one attached hydrogen (secondary N) is 1. The highest BCUT2D eigenvalue weighted by molar-refractivity contribution is 5.31. The number of aliphatic hydroxyl groups is 1. The summed E-state index contributed by atoms with van der Waals surface area (Å²) in [6.45, 7) is 1.29. The van der Waals surface area contributed by atoms with Crippen molar-refractivity contribution in [3.8, 4) is 11.5 Å². The van der Waals surface area contributed by atoms with Crippen LogP contribution in [0, 0.1) is 0 Å². The first-order valence-electron chi connectivity index (χ1n) is 4.99. The number of ether oxygens (including phenoxy) is 2. The molecule has 0 aromatic heterocycles. The minimum atomic E-state index is -0.424. The zero-order chi connectivity index (χ0) is 10.7. The third kappa shape index (κ3) is 2.40. The Bertz CT molecular complexity index is 312. The Balaban J connectivity index is 1.98. The number of aliphatic hydroxyl groups excluding tert-OH is 1. The maximum absolute atomic E-state index is 9.54. The largest absolute Gasteiger partial charge is 0.497 e. The van der Waals surface area contributed by atoms with Gasteiger partial charge in [-0.15, -0.1) is 0 Å². The molecule has 1 aromatic rings. The third-order valence-electron chi connectivity index (χ3n) is 2.48. The highest BCUT2D eigenvalue weighted by Crippen LogP contribution is 2.19. The van der Waals surface area contributed by atoms with Gasteiger partial charge in [0.15, 0.2) is 0 Å². The molecule has 1 heterocycles. The van der Waals surface area contributed by atoms with Gasteiger partial charge >= 0.3 is 0 Å². The third-order valence-corrected chi connectivity index (χ3v) is 2.48. The van der Waals surface area contributed by atoms with Crippen LogP contribution in [-0.4, -0.2) is 37.5 Å². The molecule has 0 bridgehead atoms. The van der Waals surface area contributed by atoms with Crippen LogP contribution in [0.5, 0.6) is 11.5 Å². The minimum Gasteiger partial charge on any atom is -0.497 e. The van der Waals surface area contributed by atoms with Gasteiger partial charge in [0.2, 0.25) is 0 Å². The van der Waals surface area contributed by atoms with Gasteiger partial charge in [-0.1, -0.05) is 0 Å². The van der Waals surface area contributed by atoms with E-state index in [1.54, 1.807) is 7.11 Å². The molecule has 0 saturated carbocycles. The fourth-order valence-corrected chi connectivity index (χ4v) is 1.59.